The highest BCUT2D eigenvalue weighted by Crippen LogP contribution is 2.23. The summed E-state index contributed by atoms with van der Waals surface area (Å²) < 4.78 is 5.74. The number of aryl methyl sites for hydroxylation is 1. The van der Waals surface area contributed by atoms with E-state index in [-0.39, 0.29) is 0 Å². The Morgan fingerprint density at radius 3 is 2.71 bits per heavy atom. The second-order valence-corrected chi connectivity index (χ2v) is 6.17. The first-order chi connectivity index (χ1) is 10.1. The Bertz CT molecular complexity index is 442. The van der Waals surface area contributed by atoms with Crippen LogP contribution in [0.3, 0.4) is 0 Å². The molecule has 0 aromatic heterocycles. The van der Waals surface area contributed by atoms with E-state index in [1.807, 2.05) is 20.2 Å². The molecule has 1 atom stereocenters. The minimum atomic E-state index is -0.463. The quantitative estimate of drug-likeness (QED) is 0.811. The molecule has 1 aliphatic carbocycles. The summed E-state index contributed by atoms with van der Waals surface area (Å²) in [4.78, 5) is 2.10. The Balaban J connectivity index is 1.77. The lowest BCUT2D eigenvalue weighted by Crippen LogP contribution is -2.27. The monoisotopic (exact) mass is 292 g/mol. The SMILES string of the molecule is Cc1ccc(NCC(O)COC2CCCC2)cc1N(C)C. The van der Waals surface area contributed by atoms with Gasteiger partial charge in [0, 0.05) is 32.0 Å². The predicted octanol–water partition coefficient (Wildman–Crippen LogP) is 2.79. The molecule has 0 spiro atoms. The lowest BCUT2D eigenvalue weighted by Gasteiger charge is -2.19. The Hall–Kier alpha value is -1.26. The van der Waals surface area contributed by atoms with Crippen LogP contribution in [0, 0.1) is 6.92 Å². The molecule has 1 saturated carbocycles. The van der Waals surface area contributed by atoms with Gasteiger partial charge in [-0.3, -0.25) is 0 Å². The highest BCUT2D eigenvalue weighted by atomic mass is 16.5. The zero-order valence-electron chi connectivity index (χ0n) is 13.4. The Morgan fingerprint density at radius 1 is 1.33 bits per heavy atom. The van der Waals surface area contributed by atoms with Crippen molar-refractivity contribution in [2.45, 2.75) is 44.8 Å². The third kappa shape index (κ3) is 4.90. The molecule has 0 amide bonds. The van der Waals surface area contributed by atoms with Gasteiger partial charge in [-0.15, -0.1) is 0 Å². The van der Waals surface area contributed by atoms with E-state index >= 15 is 0 Å². The standard InChI is InChI=1S/C17H28N2O2/c1-13-8-9-14(10-17(13)19(2)3)18-11-15(20)12-21-16-6-4-5-7-16/h8-10,15-16,18,20H,4-7,11-12H2,1-3H3. The van der Waals surface area contributed by atoms with Crippen molar-refractivity contribution in [3.05, 3.63) is 23.8 Å². The van der Waals surface area contributed by atoms with Gasteiger partial charge in [0.1, 0.15) is 0 Å². The molecule has 2 N–H and O–H groups in total. The number of hydrogen-bond acceptors (Lipinski definition) is 4. The first-order valence-electron chi connectivity index (χ1n) is 7.88. The molecular weight excluding hydrogens is 264 g/mol. The van der Waals surface area contributed by atoms with E-state index in [4.69, 9.17) is 4.74 Å². The molecule has 118 valence electrons. The van der Waals surface area contributed by atoms with Crippen LogP contribution in [-0.2, 0) is 4.74 Å². The molecule has 1 unspecified atom stereocenters. The van der Waals surface area contributed by atoms with Crippen molar-refractivity contribution in [3.63, 3.8) is 0 Å². The van der Waals surface area contributed by atoms with Crippen molar-refractivity contribution >= 4 is 11.4 Å². The summed E-state index contributed by atoms with van der Waals surface area (Å²) in [6.07, 6.45) is 4.70. The van der Waals surface area contributed by atoms with Crippen molar-refractivity contribution in [2.24, 2.45) is 0 Å². The topological polar surface area (TPSA) is 44.7 Å². The predicted molar refractivity (Wildman–Crippen MR) is 88.2 cm³/mol. The fourth-order valence-electron chi connectivity index (χ4n) is 2.80. The fraction of sp³-hybridized carbons (Fsp3) is 0.647. The molecule has 4 nitrogen and oxygen atoms in total. The third-order valence-corrected chi connectivity index (χ3v) is 4.06. The average Bonchev–Trinajstić information content (AvgIpc) is 2.97. The van der Waals surface area contributed by atoms with Crippen LogP contribution in [-0.4, -0.2) is 44.6 Å². The Morgan fingerprint density at radius 2 is 2.05 bits per heavy atom. The molecule has 4 heteroatoms. The van der Waals surface area contributed by atoms with Gasteiger partial charge in [0.15, 0.2) is 0 Å². The molecule has 0 aliphatic heterocycles. The van der Waals surface area contributed by atoms with Crippen molar-refractivity contribution in [3.8, 4) is 0 Å². The molecule has 21 heavy (non-hydrogen) atoms. The molecule has 1 fully saturated rings. The molecule has 0 heterocycles. The Kier molecular flexibility index (Phi) is 5.88. The summed E-state index contributed by atoms with van der Waals surface area (Å²) in [6, 6.07) is 6.26. The van der Waals surface area contributed by atoms with Crippen molar-refractivity contribution in [2.75, 3.05) is 37.5 Å². The van der Waals surface area contributed by atoms with Crippen LogP contribution in [0.5, 0.6) is 0 Å². The molecule has 1 aromatic carbocycles. The number of aliphatic hydroxyl groups is 1. The van der Waals surface area contributed by atoms with Crippen LogP contribution >= 0.6 is 0 Å². The molecular formula is C17H28N2O2. The van der Waals surface area contributed by atoms with Crippen molar-refractivity contribution < 1.29 is 9.84 Å². The number of aliphatic hydroxyl groups excluding tert-OH is 1. The summed E-state index contributed by atoms with van der Waals surface area (Å²) in [5, 5.41) is 13.3. The minimum Gasteiger partial charge on any atom is -0.389 e. The summed E-state index contributed by atoms with van der Waals surface area (Å²) in [5.74, 6) is 0. The first kappa shape index (κ1) is 16.1. The maximum atomic E-state index is 10.0. The van der Waals surface area contributed by atoms with Gasteiger partial charge in [-0.1, -0.05) is 18.9 Å². The molecule has 0 bridgehead atoms. The van der Waals surface area contributed by atoms with Crippen LogP contribution < -0.4 is 10.2 Å². The number of nitrogens with one attached hydrogen (secondary N) is 1. The zero-order chi connectivity index (χ0) is 15.2. The van der Waals surface area contributed by atoms with Crippen LogP contribution in [0.1, 0.15) is 31.2 Å². The van der Waals surface area contributed by atoms with E-state index < -0.39 is 6.10 Å². The van der Waals surface area contributed by atoms with Gasteiger partial charge < -0.3 is 20.1 Å². The third-order valence-electron chi connectivity index (χ3n) is 4.06. The van der Waals surface area contributed by atoms with Crippen LogP contribution in [0.25, 0.3) is 0 Å². The zero-order valence-corrected chi connectivity index (χ0v) is 13.4. The van der Waals surface area contributed by atoms with Gasteiger partial charge in [-0.05, 0) is 37.5 Å². The summed E-state index contributed by atoms with van der Waals surface area (Å²) in [6.45, 7) is 3.04. The van der Waals surface area contributed by atoms with Crippen LogP contribution in [0.15, 0.2) is 18.2 Å². The van der Waals surface area contributed by atoms with E-state index in [0.717, 1.165) is 18.5 Å². The fourth-order valence-corrected chi connectivity index (χ4v) is 2.80. The van der Waals surface area contributed by atoms with Crippen LogP contribution in [0.4, 0.5) is 11.4 Å². The van der Waals surface area contributed by atoms with Crippen LogP contribution in [0.2, 0.25) is 0 Å². The second-order valence-electron chi connectivity index (χ2n) is 6.17. The van der Waals surface area contributed by atoms with E-state index in [0.29, 0.717) is 19.3 Å². The molecule has 2 rings (SSSR count). The van der Waals surface area contributed by atoms with Gasteiger partial charge in [0.2, 0.25) is 0 Å². The summed E-state index contributed by atoms with van der Waals surface area (Å²) in [5.41, 5.74) is 3.47. The molecule has 0 saturated heterocycles. The maximum absolute atomic E-state index is 10.0. The normalized spacial score (nSPS) is 17.0. The lowest BCUT2D eigenvalue weighted by molar-refractivity contribution is -0.00117. The van der Waals surface area contributed by atoms with Crippen molar-refractivity contribution in [1.82, 2.24) is 0 Å². The largest absolute Gasteiger partial charge is 0.389 e. The van der Waals surface area contributed by atoms with Gasteiger partial charge >= 0.3 is 0 Å². The number of hydrogen-bond donors (Lipinski definition) is 2. The van der Waals surface area contributed by atoms with Gasteiger partial charge in [0.25, 0.3) is 0 Å². The number of nitrogens with zero attached hydrogens (tertiary/aromatic N) is 1. The number of ether oxygens (including phenoxy) is 1. The average molecular weight is 292 g/mol. The molecule has 1 aliphatic rings. The Labute approximate surface area is 128 Å². The van der Waals surface area contributed by atoms with Gasteiger partial charge in [-0.25, -0.2) is 0 Å². The second kappa shape index (κ2) is 7.66. The summed E-state index contributed by atoms with van der Waals surface area (Å²) >= 11 is 0. The highest BCUT2D eigenvalue weighted by molar-refractivity contribution is 5.61. The maximum Gasteiger partial charge on any atom is 0.0945 e. The number of anilines is 2. The summed E-state index contributed by atoms with van der Waals surface area (Å²) in [7, 11) is 4.08. The van der Waals surface area contributed by atoms with Gasteiger partial charge in [0.05, 0.1) is 18.8 Å². The van der Waals surface area contributed by atoms with E-state index in [2.05, 4.69) is 29.3 Å². The van der Waals surface area contributed by atoms with E-state index in [1.54, 1.807) is 0 Å². The highest BCUT2D eigenvalue weighted by Gasteiger charge is 2.16. The van der Waals surface area contributed by atoms with Crippen molar-refractivity contribution in [1.29, 1.82) is 0 Å². The smallest absolute Gasteiger partial charge is 0.0945 e. The molecule has 0 radical (unpaired) electrons. The number of rotatable bonds is 7. The van der Waals surface area contributed by atoms with E-state index in [1.165, 1.54) is 24.1 Å². The van der Waals surface area contributed by atoms with E-state index in [9.17, 15) is 5.11 Å². The minimum absolute atomic E-state index is 0.361. The first-order valence-corrected chi connectivity index (χ1v) is 7.88. The lowest BCUT2D eigenvalue weighted by atomic mass is 10.1. The van der Waals surface area contributed by atoms with Gasteiger partial charge in [-0.2, -0.15) is 0 Å². The number of benzene rings is 1. The molecule has 1 aromatic rings.